The lowest BCUT2D eigenvalue weighted by Crippen LogP contribution is -2.54. The number of urea groups is 1. The van der Waals surface area contributed by atoms with Crippen molar-refractivity contribution in [1.29, 1.82) is 0 Å². The molecule has 32 heavy (non-hydrogen) atoms. The van der Waals surface area contributed by atoms with Gasteiger partial charge in [0.05, 0.1) is 17.5 Å². The number of nitrogens with zero attached hydrogens (tertiary/aromatic N) is 2. The number of rotatable bonds is 5. The first-order valence-corrected chi connectivity index (χ1v) is 12.6. The second-order valence-electron chi connectivity index (χ2n) is 8.87. The number of hydrogen-bond acceptors (Lipinski definition) is 6. The molecule has 3 atom stereocenters. The smallest absolute Gasteiger partial charge is 0.325 e. The second kappa shape index (κ2) is 8.43. The minimum Gasteiger partial charge on any atom is -0.349 e. The Balaban J connectivity index is 1.44. The van der Waals surface area contributed by atoms with Crippen LogP contribution in [0.25, 0.3) is 0 Å². The number of hydrogen-bond donors (Lipinski definition) is 2. The maximum absolute atomic E-state index is 13.3. The first kappa shape index (κ1) is 22.7. The molecule has 9 nitrogen and oxygen atoms in total. The topological polar surface area (TPSA) is 116 Å². The summed E-state index contributed by atoms with van der Waals surface area (Å²) in [4.78, 5) is 41.1. The molecule has 1 aromatic rings. The van der Waals surface area contributed by atoms with Gasteiger partial charge in [0.25, 0.3) is 5.91 Å². The molecule has 11 heteroatoms. The molecule has 1 aromatic carbocycles. The molecule has 0 saturated carbocycles. The molecule has 3 unspecified atom stereocenters. The molecule has 174 valence electrons. The summed E-state index contributed by atoms with van der Waals surface area (Å²) in [6.07, 6.45) is 3.08. The van der Waals surface area contributed by atoms with Crippen LogP contribution in [-0.2, 0) is 25.0 Å². The molecule has 3 heterocycles. The number of sulfone groups is 1. The van der Waals surface area contributed by atoms with Gasteiger partial charge >= 0.3 is 6.03 Å². The molecule has 3 saturated heterocycles. The van der Waals surface area contributed by atoms with E-state index in [4.69, 9.17) is 0 Å². The van der Waals surface area contributed by atoms with Crippen LogP contribution in [0, 0.1) is 5.82 Å². The number of likely N-dealkylation sites (tertiary alicyclic amines) is 1. The molecule has 0 aliphatic carbocycles. The third kappa shape index (κ3) is 4.36. The summed E-state index contributed by atoms with van der Waals surface area (Å²) < 4.78 is 37.8. The van der Waals surface area contributed by atoms with E-state index < -0.39 is 51.6 Å². The van der Waals surface area contributed by atoms with Crippen LogP contribution in [0.4, 0.5) is 9.18 Å². The number of carbonyl (C=O) groups excluding carboxylic acids is 3. The Morgan fingerprint density at radius 2 is 1.81 bits per heavy atom. The van der Waals surface area contributed by atoms with Gasteiger partial charge in [-0.25, -0.2) is 17.6 Å². The highest BCUT2D eigenvalue weighted by Gasteiger charge is 2.50. The Labute approximate surface area is 186 Å². The largest absolute Gasteiger partial charge is 0.349 e. The lowest BCUT2D eigenvalue weighted by molar-refractivity contribution is -0.135. The van der Waals surface area contributed by atoms with Crippen molar-refractivity contribution in [2.24, 2.45) is 0 Å². The van der Waals surface area contributed by atoms with E-state index in [1.807, 2.05) is 0 Å². The Bertz CT molecular complexity index is 1030. The van der Waals surface area contributed by atoms with E-state index in [2.05, 4.69) is 15.5 Å². The van der Waals surface area contributed by atoms with E-state index in [0.717, 1.165) is 37.3 Å². The monoisotopic (exact) mass is 466 g/mol. The van der Waals surface area contributed by atoms with Gasteiger partial charge in [-0.2, -0.15) is 0 Å². The summed E-state index contributed by atoms with van der Waals surface area (Å²) in [7, 11) is -3.29. The van der Waals surface area contributed by atoms with Crippen molar-refractivity contribution >= 4 is 27.7 Å². The Morgan fingerprint density at radius 3 is 2.47 bits per heavy atom. The zero-order valence-electron chi connectivity index (χ0n) is 17.8. The average molecular weight is 467 g/mol. The molecule has 0 bridgehead atoms. The summed E-state index contributed by atoms with van der Waals surface area (Å²) in [6, 6.07) is 3.57. The third-order valence-electron chi connectivity index (χ3n) is 6.53. The van der Waals surface area contributed by atoms with Gasteiger partial charge in [-0.05, 0) is 50.6 Å². The van der Waals surface area contributed by atoms with Gasteiger partial charge in [0.1, 0.15) is 17.9 Å². The van der Waals surface area contributed by atoms with E-state index in [0.29, 0.717) is 5.56 Å². The molecule has 4 amide bonds. The van der Waals surface area contributed by atoms with Crippen molar-refractivity contribution in [3.63, 3.8) is 0 Å². The van der Waals surface area contributed by atoms with Crippen LogP contribution < -0.4 is 10.6 Å². The number of imide groups is 1. The molecular formula is C21H27FN4O5S. The summed E-state index contributed by atoms with van der Waals surface area (Å²) >= 11 is 0. The highest BCUT2D eigenvalue weighted by atomic mass is 32.2. The molecular weight excluding hydrogens is 439 g/mol. The summed E-state index contributed by atoms with van der Waals surface area (Å²) in [5.41, 5.74) is -1.02. The van der Waals surface area contributed by atoms with Gasteiger partial charge in [0.2, 0.25) is 5.91 Å². The number of benzene rings is 1. The summed E-state index contributed by atoms with van der Waals surface area (Å²) in [6.45, 7) is 2.55. The van der Waals surface area contributed by atoms with Gasteiger partial charge in [-0.1, -0.05) is 18.6 Å². The second-order valence-corrected chi connectivity index (χ2v) is 11.0. The standard InChI is InChI=1S/C21H27FN4O5S/c1-21(14-5-7-15(22)8-6-14)19(28)26(20(29)24-21)11-18(27)23-16-12-32(30,31)13-17(16)25-9-3-2-4-10-25/h5-8,16-17H,2-4,9-13H2,1H3,(H,23,27)(H,24,29). The SMILES string of the molecule is CC1(c2ccc(F)cc2)NC(=O)N(CC(=O)NC2CS(=O)(=O)CC2N2CCCCC2)C1=O. The Morgan fingerprint density at radius 1 is 1.16 bits per heavy atom. The maximum atomic E-state index is 13.3. The summed E-state index contributed by atoms with van der Waals surface area (Å²) in [5.74, 6) is -1.87. The molecule has 0 radical (unpaired) electrons. The fourth-order valence-corrected chi connectivity index (χ4v) is 6.74. The first-order valence-electron chi connectivity index (χ1n) is 10.7. The van der Waals surface area contributed by atoms with Crippen molar-refractivity contribution < 1.29 is 27.2 Å². The van der Waals surface area contributed by atoms with E-state index >= 15 is 0 Å². The number of amides is 4. The highest BCUT2D eigenvalue weighted by Crippen LogP contribution is 2.29. The highest BCUT2D eigenvalue weighted by molar-refractivity contribution is 7.91. The van der Waals surface area contributed by atoms with Crippen LogP contribution in [0.2, 0.25) is 0 Å². The number of piperidine rings is 1. The quantitative estimate of drug-likeness (QED) is 0.606. The van der Waals surface area contributed by atoms with Crippen LogP contribution in [0.1, 0.15) is 31.7 Å². The van der Waals surface area contributed by atoms with Gasteiger partial charge in [-0.3, -0.25) is 19.4 Å². The van der Waals surface area contributed by atoms with Gasteiger partial charge < -0.3 is 10.6 Å². The minimum absolute atomic E-state index is 0.0102. The minimum atomic E-state index is -3.29. The van der Waals surface area contributed by atoms with E-state index in [-0.39, 0.29) is 17.5 Å². The van der Waals surface area contributed by atoms with Crippen molar-refractivity contribution in [1.82, 2.24) is 20.4 Å². The van der Waals surface area contributed by atoms with Gasteiger partial charge in [0.15, 0.2) is 9.84 Å². The lowest BCUT2D eigenvalue weighted by Gasteiger charge is -2.35. The normalized spacial score (nSPS) is 30.4. The van der Waals surface area contributed by atoms with Crippen LogP contribution >= 0.6 is 0 Å². The van der Waals surface area contributed by atoms with E-state index in [9.17, 15) is 27.2 Å². The molecule has 0 spiro atoms. The molecule has 3 aliphatic rings. The van der Waals surface area contributed by atoms with Crippen molar-refractivity contribution in [3.8, 4) is 0 Å². The van der Waals surface area contributed by atoms with Crippen molar-refractivity contribution in [2.75, 3.05) is 31.1 Å². The van der Waals surface area contributed by atoms with Crippen LogP contribution in [-0.4, -0.2) is 79.3 Å². The fourth-order valence-electron chi connectivity index (χ4n) is 4.79. The predicted octanol–water partition coefficient (Wildman–Crippen LogP) is 0.360. The van der Waals surface area contributed by atoms with Gasteiger partial charge in [0, 0.05) is 6.04 Å². The molecule has 3 aliphatic heterocycles. The molecule has 4 rings (SSSR count). The fraction of sp³-hybridized carbons (Fsp3) is 0.571. The lowest BCUT2D eigenvalue weighted by atomic mass is 9.92. The third-order valence-corrected chi connectivity index (χ3v) is 8.24. The van der Waals surface area contributed by atoms with Gasteiger partial charge in [-0.15, -0.1) is 0 Å². The summed E-state index contributed by atoms with van der Waals surface area (Å²) in [5, 5.41) is 5.31. The zero-order chi connectivity index (χ0) is 23.1. The Hall–Kier alpha value is -2.53. The first-order chi connectivity index (χ1) is 15.1. The molecule has 0 aromatic heterocycles. The number of carbonyl (C=O) groups is 3. The Kier molecular flexibility index (Phi) is 5.97. The van der Waals surface area contributed by atoms with Crippen LogP contribution in [0.15, 0.2) is 24.3 Å². The maximum Gasteiger partial charge on any atom is 0.325 e. The molecule has 3 fully saturated rings. The predicted molar refractivity (Wildman–Crippen MR) is 114 cm³/mol. The van der Waals surface area contributed by atoms with E-state index in [1.54, 1.807) is 0 Å². The van der Waals surface area contributed by atoms with Crippen molar-refractivity contribution in [3.05, 3.63) is 35.6 Å². The van der Waals surface area contributed by atoms with E-state index in [1.165, 1.54) is 31.2 Å². The van der Waals surface area contributed by atoms with Crippen LogP contribution in [0.3, 0.4) is 0 Å². The zero-order valence-corrected chi connectivity index (χ0v) is 18.7. The number of nitrogens with one attached hydrogen (secondary N) is 2. The van der Waals surface area contributed by atoms with Crippen molar-refractivity contribution in [2.45, 2.75) is 43.8 Å². The van der Waals surface area contributed by atoms with Crippen LogP contribution in [0.5, 0.6) is 0 Å². The number of halogens is 1. The molecule has 2 N–H and O–H groups in total. The average Bonchev–Trinajstić information content (AvgIpc) is 3.16.